The SMILES string of the molecule is NCc1cn(CC(=O)NCCOCC(F)F)nn1. The Labute approximate surface area is 102 Å². The lowest BCUT2D eigenvalue weighted by molar-refractivity contribution is -0.122. The first kappa shape index (κ1) is 14.5. The van der Waals surface area contributed by atoms with Crippen molar-refractivity contribution in [1.29, 1.82) is 0 Å². The molecule has 1 aromatic rings. The van der Waals surface area contributed by atoms with Crippen LogP contribution in [0.15, 0.2) is 6.20 Å². The molecule has 1 amide bonds. The minimum absolute atomic E-state index is 0.00183. The van der Waals surface area contributed by atoms with Crippen LogP contribution in [-0.4, -0.2) is 47.1 Å². The molecule has 0 atom stereocenters. The summed E-state index contributed by atoms with van der Waals surface area (Å²) in [7, 11) is 0. The van der Waals surface area contributed by atoms with E-state index in [1.54, 1.807) is 6.20 Å². The maximum atomic E-state index is 11.7. The summed E-state index contributed by atoms with van der Waals surface area (Å²) >= 11 is 0. The van der Waals surface area contributed by atoms with E-state index in [2.05, 4.69) is 20.4 Å². The zero-order chi connectivity index (χ0) is 13.4. The molecule has 7 nitrogen and oxygen atoms in total. The molecule has 1 rings (SSSR count). The number of hydrogen-bond donors (Lipinski definition) is 2. The lowest BCUT2D eigenvalue weighted by Gasteiger charge is -2.05. The van der Waals surface area contributed by atoms with E-state index in [9.17, 15) is 13.6 Å². The Kier molecular flexibility index (Phi) is 6.15. The third kappa shape index (κ3) is 5.64. The van der Waals surface area contributed by atoms with Gasteiger partial charge in [-0.25, -0.2) is 13.5 Å². The third-order valence-electron chi connectivity index (χ3n) is 1.91. The van der Waals surface area contributed by atoms with Crippen molar-refractivity contribution in [2.75, 3.05) is 19.8 Å². The Hall–Kier alpha value is -1.61. The summed E-state index contributed by atoms with van der Waals surface area (Å²) in [5.41, 5.74) is 5.92. The molecule has 3 N–H and O–H groups in total. The molecule has 102 valence electrons. The predicted octanol–water partition coefficient (Wildman–Crippen LogP) is -0.865. The Morgan fingerprint density at radius 1 is 1.61 bits per heavy atom. The lowest BCUT2D eigenvalue weighted by atomic mass is 10.5. The van der Waals surface area contributed by atoms with Crippen molar-refractivity contribution < 1.29 is 18.3 Å². The topological polar surface area (TPSA) is 95.1 Å². The minimum Gasteiger partial charge on any atom is -0.374 e. The van der Waals surface area contributed by atoms with E-state index in [4.69, 9.17) is 5.73 Å². The number of nitrogens with two attached hydrogens (primary N) is 1. The van der Waals surface area contributed by atoms with E-state index in [-0.39, 0.29) is 32.1 Å². The van der Waals surface area contributed by atoms with Crippen molar-refractivity contribution in [1.82, 2.24) is 20.3 Å². The molecule has 0 saturated heterocycles. The van der Waals surface area contributed by atoms with Crippen LogP contribution in [0.1, 0.15) is 5.69 Å². The van der Waals surface area contributed by atoms with E-state index < -0.39 is 13.0 Å². The summed E-state index contributed by atoms with van der Waals surface area (Å²) in [6.07, 6.45) is -0.932. The molecule has 1 heterocycles. The molecule has 0 spiro atoms. The molecule has 0 bridgehead atoms. The molecule has 0 aliphatic rings. The molecule has 1 aromatic heterocycles. The van der Waals surface area contributed by atoms with Gasteiger partial charge in [-0.1, -0.05) is 5.21 Å². The van der Waals surface area contributed by atoms with Gasteiger partial charge in [0, 0.05) is 13.1 Å². The number of carbonyl (C=O) groups excluding carboxylic acids is 1. The highest BCUT2D eigenvalue weighted by Crippen LogP contribution is 1.92. The largest absolute Gasteiger partial charge is 0.374 e. The number of carbonyl (C=O) groups is 1. The normalized spacial score (nSPS) is 10.9. The maximum Gasteiger partial charge on any atom is 0.261 e. The Bertz CT molecular complexity index is 372. The van der Waals surface area contributed by atoms with Gasteiger partial charge in [-0.2, -0.15) is 0 Å². The third-order valence-corrected chi connectivity index (χ3v) is 1.91. The van der Waals surface area contributed by atoms with Crippen molar-refractivity contribution in [3.05, 3.63) is 11.9 Å². The number of nitrogens with one attached hydrogen (secondary N) is 1. The van der Waals surface area contributed by atoms with Gasteiger partial charge in [-0.3, -0.25) is 4.79 Å². The standard InChI is InChI=1S/C9H15F2N5O2/c10-8(11)6-18-2-1-13-9(17)5-16-4-7(3-12)14-15-16/h4,8H,1-3,5-6,12H2,(H,13,17). The second-order valence-electron chi connectivity index (χ2n) is 3.43. The van der Waals surface area contributed by atoms with E-state index >= 15 is 0 Å². The smallest absolute Gasteiger partial charge is 0.261 e. The van der Waals surface area contributed by atoms with Gasteiger partial charge in [0.1, 0.15) is 13.2 Å². The zero-order valence-electron chi connectivity index (χ0n) is 9.68. The van der Waals surface area contributed by atoms with Gasteiger partial charge in [0.15, 0.2) is 0 Å². The van der Waals surface area contributed by atoms with Gasteiger partial charge in [0.2, 0.25) is 5.91 Å². The van der Waals surface area contributed by atoms with E-state index in [0.29, 0.717) is 5.69 Å². The van der Waals surface area contributed by atoms with Crippen LogP contribution in [0.4, 0.5) is 8.78 Å². The highest BCUT2D eigenvalue weighted by molar-refractivity contribution is 5.75. The second kappa shape index (κ2) is 7.67. The molecular weight excluding hydrogens is 248 g/mol. The fourth-order valence-corrected chi connectivity index (χ4v) is 1.15. The van der Waals surface area contributed by atoms with Crippen LogP contribution in [0.3, 0.4) is 0 Å². The van der Waals surface area contributed by atoms with Gasteiger partial charge in [0.25, 0.3) is 6.43 Å². The quantitative estimate of drug-likeness (QED) is 0.595. The number of aromatic nitrogens is 3. The molecule has 0 aliphatic heterocycles. The molecular formula is C9H15F2N5O2. The van der Waals surface area contributed by atoms with Gasteiger partial charge in [-0.15, -0.1) is 5.10 Å². The number of hydrogen-bond acceptors (Lipinski definition) is 5. The molecule has 0 unspecified atom stereocenters. The van der Waals surface area contributed by atoms with Crippen molar-refractivity contribution >= 4 is 5.91 Å². The van der Waals surface area contributed by atoms with Crippen LogP contribution in [0, 0.1) is 0 Å². The molecule has 0 radical (unpaired) electrons. The Morgan fingerprint density at radius 2 is 2.39 bits per heavy atom. The zero-order valence-corrected chi connectivity index (χ0v) is 9.68. The summed E-state index contributed by atoms with van der Waals surface area (Å²) in [5.74, 6) is -0.302. The van der Waals surface area contributed by atoms with Crippen LogP contribution in [0.5, 0.6) is 0 Å². The average molecular weight is 263 g/mol. The molecule has 0 aliphatic carbocycles. The Morgan fingerprint density at radius 3 is 3.00 bits per heavy atom. The average Bonchev–Trinajstić information content (AvgIpc) is 2.76. The van der Waals surface area contributed by atoms with Crippen LogP contribution < -0.4 is 11.1 Å². The number of alkyl halides is 2. The number of amides is 1. The summed E-state index contributed by atoms with van der Waals surface area (Å²) in [6, 6.07) is 0. The molecule has 9 heteroatoms. The number of ether oxygens (including phenoxy) is 1. The van der Waals surface area contributed by atoms with Gasteiger partial charge < -0.3 is 15.8 Å². The van der Waals surface area contributed by atoms with Crippen LogP contribution in [0.2, 0.25) is 0 Å². The highest BCUT2D eigenvalue weighted by atomic mass is 19.3. The van der Waals surface area contributed by atoms with Crippen LogP contribution in [-0.2, 0) is 22.6 Å². The molecule has 18 heavy (non-hydrogen) atoms. The summed E-state index contributed by atoms with van der Waals surface area (Å²) < 4.78 is 29.4. The molecule has 0 saturated carbocycles. The Balaban J connectivity index is 2.13. The fraction of sp³-hybridized carbons (Fsp3) is 0.667. The van der Waals surface area contributed by atoms with Crippen molar-refractivity contribution in [2.45, 2.75) is 19.5 Å². The van der Waals surface area contributed by atoms with Gasteiger partial charge in [0.05, 0.1) is 18.5 Å². The number of halogens is 2. The first-order valence-electron chi connectivity index (χ1n) is 5.33. The summed E-state index contributed by atoms with van der Waals surface area (Å²) in [5, 5.41) is 9.91. The van der Waals surface area contributed by atoms with Gasteiger partial charge in [-0.05, 0) is 0 Å². The highest BCUT2D eigenvalue weighted by Gasteiger charge is 2.05. The maximum absolute atomic E-state index is 11.7. The minimum atomic E-state index is -2.49. The first-order valence-corrected chi connectivity index (χ1v) is 5.33. The fourth-order valence-electron chi connectivity index (χ4n) is 1.15. The van der Waals surface area contributed by atoms with Crippen molar-refractivity contribution in [3.8, 4) is 0 Å². The summed E-state index contributed by atoms with van der Waals surface area (Å²) in [6.45, 7) is -0.158. The van der Waals surface area contributed by atoms with E-state index in [1.807, 2.05) is 0 Å². The first-order chi connectivity index (χ1) is 8.61. The predicted molar refractivity (Wildman–Crippen MR) is 57.7 cm³/mol. The molecule has 0 aromatic carbocycles. The van der Waals surface area contributed by atoms with Crippen LogP contribution in [0.25, 0.3) is 0 Å². The van der Waals surface area contributed by atoms with E-state index in [1.165, 1.54) is 4.68 Å². The summed E-state index contributed by atoms with van der Waals surface area (Å²) in [4.78, 5) is 11.4. The van der Waals surface area contributed by atoms with Crippen molar-refractivity contribution in [2.24, 2.45) is 5.73 Å². The number of nitrogens with zero attached hydrogens (tertiary/aromatic N) is 3. The second-order valence-corrected chi connectivity index (χ2v) is 3.43. The van der Waals surface area contributed by atoms with Crippen molar-refractivity contribution in [3.63, 3.8) is 0 Å². The van der Waals surface area contributed by atoms with Crippen LogP contribution >= 0.6 is 0 Å². The lowest BCUT2D eigenvalue weighted by Crippen LogP contribution is -2.31. The van der Waals surface area contributed by atoms with Gasteiger partial charge >= 0.3 is 0 Å². The van der Waals surface area contributed by atoms with E-state index in [0.717, 1.165) is 0 Å². The molecule has 0 fully saturated rings. The number of rotatable bonds is 8. The monoisotopic (exact) mass is 263 g/mol.